The van der Waals surface area contributed by atoms with Gasteiger partial charge in [-0.2, -0.15) is 0 Å². The molecule has 0 radical (unpaired) electrons. The number of aromatic nitrogens is 1. The fourth-order valence-corrected chi connectivity index (χ4v) is 15.9. The second-order valence-corrected chi connectivity index (χ2v) is 35.7. The number of methoxy groups -OCH3 is 2. The summed E-state index contributed by atoms with van der Waals surface area (Å²) < 4.78 is 64.8. The highest BCUT2D eigenvalue weighted by molar-refractivity contribution is 6.75. The lowest BCUT2D eigenvalue weighted by molar-refractivity contribution is -0.267. The highest BCUT2D eigenvalue weighted by Crippen LogP contribution is 2.47. The summed E-state index contributed by atoms with van der Waals surface area (Å²) in [6.07, 6.45) is -1.53. The van der Waals surface area contributed by atoms with Gasteiger partial charge < -0.3 is 62.1 Å². The van der Waals surface area contributed by atoms with E-state index in [0.717, 1.165) is 12.1 Å². The molecule has 1 aromatic heterocycles. The second kappa shape index (κ2) is 26.3. The van der Waals surface area contributed by atoms with Gasteiger partial charge in [0.05, 0.1) is 74.1 Å². The molecule has 1 fully saturated rings. The number of hydrogen-bond acceptors (Lipinski definition) is 16. The van der Waals surface area contributed by atoms with E-state index in [1.54, 1.807) is 51.1 Å². The van der Waals surface area contributed by atoms with Crippen LogP contribution in [0.15, 0.2) is 53.6 Å². The largest absolute Gasteiger partial charge is 0.492 e. The van der Waals surface area contributed by atoms with Gasteiger partial charge in [-0.05, 0) is 139 Å². The van der Waals surface area contributed by atoms with Crippen LogP contribution in [0.2, 0.25) is 40.9 Å². The number of carbonyl (C=O) groups excluding carboxylic acids is 3. The monoisotopic (exact) mass is 1210 g/mol. The van der Waals surface area contributed by atoms with Gasteiger partial charge in [0.15, 0.2) is 50.9 Å². The molecule has 0 spiro atoms. The van der Waals surface area contributed by atoms with Gasteiger partial charge in [0, 0.05) is 23.0 Å². The van der Waals surface area contributed by atoms with E-state index in [-0.39, 0.29) is 75.2 Å². The maximum atomic E-state index is 15.2. The van der Waals surface area contributed by atoms with Crippen LogP contribution in [0, 0.1) is 29.1 Å². The summed E-state index contributed by atoms with van der Waals surface area (Å²) in [5.74, 6) is 11.5. The Balaban J connectivity index is 1.35. The van der Waals surface area contributed by atoms with Crippen molar-refractivity contribution < 1.29 is 66.2 Å². The Morgan fingerprint density at radius 1 is 0.988 bits per heavy atom. The standard InChI is InChI=1S/C64H88ClN3O14Si2/c1-20-84(21-2,38(5)6)81-49-35-54(77-39(7)55(49)68(14)15)80-52-36-75-53(69)34-46(67-60(70)44-33-43-41(31-48(44)79-61(71)62(8,9)10)32-51(76-37(3)4)58(74-17)57(43)73-16)45-25-26-47(59(65)66-45)78-50-30-40-27-29-64(52,72)28-23-22-24-42(40)56(50)82-83(18,19)63(11,12)13/h24-26,30-33,37-39,46,49-50,52,54-56,72H,20-21,28,34-36H2,1-19H3,(H,67,70)/b42-24+/t39-,46+,49-,50-,52+,54-,55+,56-,64+/m0/s1. The van der Waals surface area contributed by atoms with Gasteiger partial charge in [-0.1, -0.05) is 83.7 Å². The molecule has 5 bridgehead atoms. The summed E-state index contributed by atoms with van der Waals surface area (Å²) in [4.78, 5) is 50.4. The van der Waals surface area contributed by atoms with E-state index in [4.69, 9.17) is 63.3 Å². The number of esters is 2. The fourth-order valence-electron chi connectivity index (χ4n) is 10.8. The average Bonchev–Trinajstić information content (AvgIpc) is 1.54. The predicted octanol–water partition coefficient (Wildman–Crippen LogP) is 11.4. The number of fused-ring (bicyclic) bond motifs is 8. The van der Waals surface area contributed by atoms with Gasteiger partial charge in [-0.3, -0.25) is 14.4 Å². The molecule has 2 N–H and O–H groups in total. The quantitative estimate of drug-likeness (QED) is 0.0426. The van der Waals surface area contributed by atoms with Crippen LogP contribution in [-0.4, -0.2) is 139 Å². The lowest BCUT2D eigenvalue weighted by Crippen LogP contribution is -2.60. The van der Waals surface area contributed by atoms with Gasteiger partial charge in [-0.25, -0.2) is 4.98 Å². The number of hydrogen-bond donors (Lipinski definition) is 2. The summed E-state index contributed by atoms with van der Waals surface area (Å²) >= 11 is 7.08. The number of aliphatic hydroxyl groups is 1. The van der Waals surface area contributed by atoms with Gasteiger partial charge >= 0.3 is 11.9 Å². The number of rotatable bonds is 17. The second-order valence-electron chi connectivity index (χ2n) is 25.7. The van der Waals surface area contributed by atoms with E-state index in [0.29, 0.717) is 39.6 Å². The molecule has 0 saturated carbocycles. The van der Waals surface area contributed by atoms with Crippen molar-refractivity contribution in [3.05, 3.63) is 70.0 Å². The van der Waals surface area contributed by atoms with E-state index in [2.05, 4.69) is 95.5 Å². The first-order chi connectivity index (χ1) is 39.3. The molecule has 3 aromatic rings. The molecular weight excluding hydrogens is 1130 g/mol. The van der Waals surface area contributed by atoms with Crippen molar-refractivity contribution in [2.45, 2.75) is 206 Å². The molecular formula is C64H88ClN3O14Si2. The van der Waals surface area contributed by atoms with Crippen LogP contribution in [-0.2, 0) is 32.7 Å². The Morgan fingerprint density at radius 3 is 2.26 bits per heavy atom. The summed E-state index contributed by atoms with van der Waals surface area (Å²) in [7, 11) is 2.15. The Labute approximate surface area is 504 Å². The van der Waals surface area contributed by atoms with Gasteiger partial charge in [0.2, 0.25) is 5.75 Å². The molecule has 1 saturated heterocycles. The first-order valence-corrected chi connectivity index (χ1v) is 34.9. The third-order valence-electron chi connectivity index (χ3n) is 16.8. The average molecular weight is 1220 g/mol. The molecule has 3 aliphatic heterocycles. The predicted molar refractivity (Wildman–Crippen MR) is 329 cm³/mol. The maximum Gasteiger partial charge on any atom is 0.316 e. The number of pyridine rings is 1. The zero-order chi connectivity index (χ0) is 62.0. The number of carbonyl (C=O) groups is 3. The number of halogens is 1. The van der Waals surface area contributed by atoms with Crippen molar-refractivity contribution in [1.29, 1.82) is 0 Å². The van der Waals surface area contributed by atoms with E-state index in [1.165, 1.54) is 20.3 Å². The molecule has 5 aliphatic rings. The smallest absolute Gasteiger partial charge is 0.316 e. The number of benzene rings is 2. The highest BCUT2D eigenvalue weighted by Gasteiger charge is 2.49. The summed E-state index contributed by atoms with van der Waals surface area (Å²) in [5, 5.41) is 16.7. The minimum absolute atomic E-state index is 0.0776. The van der Waals surface area contributed by atoms with Crippen LogP contribution >= 0.6 is 11.6 Å². The maximum absolute atomic E-state index is 15.2. The minimum atomic E-state index is -2.54. The van der Waals surface area contributed by atoms with E-state index in [9.17, 15) is 14.7 Å². The van der Waals surface area contributed by atoms with Gasteiger partial charge in [0.1, 0.15) is 30.7 Å². The first-order valence-electron chi connectivity index (χ1n) is 29.2. The lowest BCUT2D eigenvalue weighted by Gasteiger charge is -2.48. The summed E-state index contributed by atoms with van der Waals surface area (Å²) in [6, 6.07) is 8.49. The number of nitrogens with one attached hydrogen (secondary N) is 1. The third kappa shape index (κ3) is 14.5. The molecule has 4 heterocycles. The molecule has 84 heavy (non-hydrogen) atoms. The molecule has 20 heteroatoms. The molecule has 1 amide bonds. The van der Waals surface area contributed by atoms with Crippen molar-refractivity contribution in [2.75, 3.05) is 34.9 Å². The lowest BCUT2D eigenvalue weighted by atomic mass is 9.92. The third-order valence-corrected chi connectivity index (χ3v) is 26.8. The molecule has 458 valence electrons. The highest BCUT2D eigenvalue weighted by atomic mass is 35.5. The minimum Gasteiger partial charge on any atom is -0.492 e. The normalized spacial score (nSPS) is 25.5. The number of ether oxygens (including phenoxy) is 8. The molecule has 2 aliphatic carbocycles. The van der Waals surface area contributed by atoms with Crippen LogP contribution in [0.25, 0.3) is 10.8 Å². The molecule has 9 atom stereocenters. The van der Waals surface area contributed by atoms with Gasteiger partial charge in [-0.15, -0.1) is 0 Å². The molecule has 0 unspecified atom stereocenters. The van der Waals surface area contributed by atoms with Crippen LogP contribution in [0.4, 0.5) is 0 Å². The van der Waals surface area contributed by atoms with Gasteiger partial charge in [0.25, 0.3) is 5.91 Å². The van der Waals surface area contributed by atoms with E-state index >= 15 is 4.79 Å². The SMILES string of the molecule is CC[Si](CC)(O[C@H]1C[C@H](O[C@@H]2COC(=O)C[C@@H](NC(=O)c3cc4c(OC)c(OC)c(OC(C)C)cc4cc3OC(=O)C(C)(C)C)c3ccc(c(Cl)n3)O[C@H]3C=C4C#C[C@]2(O)CC#C/C=C\4[C@@H]3O[Si](C)(C)C(C)(C)C)O[C@@H](C)[C@H]1N(C)C)C(C)C. The van der Waals surface area contributed by atoms with Crippen molar-refractivity contribution in [3.63, 3.8) is 0 Å². The fraction of sp³-hybridized carbons (Fsp3) is 0.594. The molecule has 8 rings (SSSR count). The summed E-state index contributed by atoms with van der Waals surface area (Å²) in [5.41, 5.74) is -1.45. The van der Waals surface area contributed by atoms with Crippen LogP contribution in [0.5, 0.6) is 28.7 Å². The zero-order valence-electron chi connectivity index (χ0n) is 52.6. The van der Waals surface area contributed by atoms with Crippen molar-refractivity contribution in [1.82, 2.24) is 15.2 Å². The Morgan fingerprint density at radius 2 is 1.67 bits per heavy atom. The van der Waals surface area contributed by atoms with Crippen LogP contribution in [0.1, 0.15) is 131 Å². The zero-order valence-corrected chi connectivity index (χ0v) is 55.3. The molecule has 2 aromatic carbocycles. The van der Waals surface area contributed by atoms with Crippen molar-refractivity contribution >= 4 is 56.9 Å². The Bertz CT molecular complexity index is 3140. The van der Waals surface area contributed by atoms with Crippen LogP contribution < -0.4 is 29.0 Å². The Hall–Kier alpha value is -5.46. The Kier molecular flexibility index (Phi) is 20.7. The number of allylic oxidation sites excluding steroid dienone is 1. The number of likely N-dealkylation sites (N-methyl/N-ethyl adjacent to an activating group) is 1. The van der Waals surface area contributed by atoms with E-state index in [1.807, 2.05) is 40.9 Å². The van der Waals surface area contributed by atoms with Crippen molar-refractivity contribution in [2.24, 2.45) is 5.41 Å². The molecule has 17 nitrogen and oxygen atoms in total. The van der Waals surface area contributed by atoms with Crippen molar-refractivity contribution in [3.8, 4) is 52.4 Å². The summed E-state index contributed by atoms with van der Waals surface area (Å²) in [6.45, 7) is 29.9. The number of nitrogens with zero attached hydrogens (tertiary/aromatic N) is 2. The topological polar surface area (TPSA) is 192 Å². The number of amides is 1. The van der Waals surface area contributed by atoms with E-state index < -0.39 is 89.2 Å². The van der Waals surface area contributed by atoms with Crippen LogP contribution in [0.3, 0.4) is 0 Å². The first kappa shape index (κ1) is 66.1.